The molecule has 1 aliphatic heterocycles. The summed E-state index contributed by atoms with van der Waals surface area (Å²) < 4.78 is 12.2. The molecule has 2 nitrogen and oxygen atoms in total. The summed E-state index contributed by atoms with van der Waals surface area (Å²) in [5.74, 6) is 1.53. The van der Waals surface area contributed by atoms with Crippen molar-refractivity contribution >= 4 is 21.5 Å². The second-order valence-corrected chi connectivity index (χ2v) is 6.71. The maximum atomic E-state index is 6.28. The molecule has 0 aromatic heterocycles. The minimum absolute atomic E-state index is 0.130. The molecule has 2 heteroatoms. The Bertz CT molecular complexity index is 851. The molecule has 0 saturated carbocycles. The van der Waals surface area contributed by atoms with Crippen LogP contribution in [0.25, 0.3) is 21.5 Å². The first kappa shape index (κ1) is 14.5. The molecule has 23 heavy (non-hydrogen) atoms. The average molecular weight is 306 g/mol. The van der Waals surface area contributed by atoms with Gasteiger partial charge in [0, 0.05) is 17.4 Å². The topological polar surface area (TPSA) is 18.5 Å². The monoisotopic (exact) mass is 306 g/mol. The van der Waals surface area contributed by atoms with Gasteiger partial charge in [0.1, 0.15) is 5.75 Å². The van der Waals surface area contributed by atoms with E-state index in [9.17, 15) is 0 Å². The predicted molar refractivity (Wildman–Crippen MR) is 95.0 cm³/mol. The summed E-state index contributed by atoms with van der Waals surface area (Å²) in [6, 6.07) is 17.2. The molecule has 0 aliphatic carbocycles. The van der Waals surface area contributed by atoms with Crippen molar-refractivity contribution in [1.82, 2.24) is 0 Å². The van der Waals surface area contributed by atoms with Gasteiger partial charge in [0.2, 0.25) is 0 Å². The summed E-state index contributed by atoms with van der Waals surface area (Å²) in [6.07, 6.45) is 1.79. The first-order chi connectivity index (χ1) is 11.2. The van der Waals surface area contributed by atoms with E-state index in [1.54, 1.807) is 0 Å². The van der Waals surface area contributed by atoms with Crippen molar-refractivity contribution in [2.24, 2.45) is 5.92 Å². The summed E-state index contributed by atoms with van der Waals surface area (Å²) in [7, 11) is 0. The first-order valence-electron chi connectivity index (χ1n) is 8.44. The maximum absolute atomic E-state index is 6.28. The van der Waals surface area contributed by atoms with Gasteiger partial charge in [-0.05, 0) is 28.5 Å². The Labute approximate surface area is 137 Å². The van der Waals surface area contributed by atoms with Crippen molar-refractivity contribution in [3.8, 4) is 5.75 Å². The van der Waals surface area contributed by atoms with E-state index in [0.29, 0.717) is 5.92 Å². The zero-order valence-corrected chi connectivity index (χ0v) is 13.7. The molecule has 1 unspecified atom stereocenters. The lowest BCUT2D eigenvalue weighted by Gasteiger charge is -2.29. The molecular formula is C21H22O2. The van der Waals surface area contributed by atoms with E-state index in [4.69, 9.17) is 9.47 Å². The number of fused-ring (bicyclic) bond motifs is 6. The molecule has 0 spiro atoms. The zero-order valence-electron chi connectivity index (χ0n) is 13.7. The van der Waals surface area contributed by atoms with Crippen LogP contribution in [0.2, 0.25) is 0 Å². The molecule has 4 rings (SSSR count). The van der Waals surface area contributed by atoms with Crippen molar-refractivity contribution in [2.75, 3.05) is 6.61 Å². The lowest BCUT2D eigenvalue weighted by atomic mass is 9.92. The molecule has 0 amide bonds. The number of benzene rings is 3. The molecule has 0 saturated heterocycles. The first-order valence-corrected chi connectivity index (χ1v) is 8.44. The Morgan fingerprint density at radius 3 is 2.26 bits per heavy atom. The van der Waals surface area contributed by atoms with Crippen LogP contribution in [0.15, 0.2) is 48.5 Å². The standard InChI is InChI=1S/C21H22O2/c1-14(2)13-22-20-12-11-19-17-9-4-3-7-15(17)16-8-5-6-10-18(16)21(19)23-20/h3-10,14,20H,11-13H2,1-2H3. The van der Waals surface area contributed by atoms with Crippen LogP contribution in [0.5, 0.6) is 5.75 Å². The second kappa shape index (κ2) is 5.86. The number of ether oxygens (including phenoxy) is 2. The Kier molecular flexibility index (Phi) is 3.70. The van der Waals surface area contributed by atoms with Crippen molar-refractivity contribution in [3.63, 3.8) is 0 Å². The highest BCUT2D eigenvalue weighted by Gasteiger charge is 2.24. The van der Waals surface area contributed by atoms with Gasteiger partial charge in [-0.2, -0.15) is 0 Å². The van der Waals surface area contributed by atoms with Crippen LogP contribution in [-0.2, 0) is 11.2 Å². The van der Waals surface area contributed by atoms with Crippen molar-refractivity contribution in [1.29, 1.82) is 0 Å². The van der Waals surface area contributed by atoms with Crippen LogP contribution in [0.1, 0.15) is 25.8 Å². The van der Waals surface area contributed by atoms with Gasteiger partial charge in [0.25, 0.3) is 0 Å². The lowest BCUT2D eigenvalue weighted by Crippen LogP contribution is -2.27. The van der Waals surface area contributed by atoms with Crippen molar-refractivity contribution < 1.29 is 9.47 Å². The van der Waals surface area contributed by atoms with E-state index in [-0.39, 0.29) is 6.29 Å². The van der Waals surface area contributed by atoms with Crippen LogP contribution in [-0.4, -0.2) is 12.9 Å². The Hall–Kier alpha value is -2.06. The Morgan fingerprint density at radius 2 is 1.57 bits per heavy atom. The third-order valence-corrected chi connectivity index (χ3v) is 4.48. The molecule has 0 bridgehead atoms. The fourth-order valence-corrected chi connectivity index (χ4v) is 3.43. The van der Waals surface area contributed by atoms with Crippen LogP contribution in [0, 0.1) is 5.92 Å². The molecule has 1 aliphatic rings. The van der Waals surface area contributed by atoms with Crippen LogP contribution in [0.3, 0.4) is 0 Å². The van der Waals surface area contributed by atoms with Gasteiger partial charge < -0.3 is 9.47 Å². The van der Waals surface area contributed by atoms with Gasteiger partial charge in [-0.15, -0.1) is 0 Å². The number of hydrogen-bond acceptors (Lipinski definition) is 2. The molecule has 3 aromatic rings. The van der Waals surface area contributed by atoms with Crippen molar-refractivity contribution in [3.05, 3.63) is 54.1 Å². The molecule has 0 N–H and O–H groups in total. The third kappa shape index (κ3) is 2.57. The molecular weight excluding hydrogens is 284 g/mol. The highest BCUT2D eigenvalue weighted by molar-refractivity contribution is 6.12. The van der Waals surface area contributed by atoms with E-state index in [1.807, 2.05) is 0 Å². The summed E-state index contributed by atoms with van der Waals surface area (Å²) in [6.45, 7) is 5.07. The van der Waals surface area contributed by atoms with Crippen LogP contribution in [0.4, 0.5) is 0 Å². The van der Waals surface area contributed by atoms with Crippen LogP contribution < -0.4 is 4.74 Å². The van der Waals surface area contributed by atoms with Gasteiger partial charge in [0.15, 0.2) is 6.29 Å². The summed E-state index contributed by atoms with van der Waals surface area (Å²) in [5.41, 5.74) is 1.32. The quantitative estimate of drug-likeness (QED) is 0.610. The Morgan fingerprint density at radius 1 is 0.957 bits per heavy atom. The molecule has 1 atom stereocenters. The van der Waals surface area contributed by atoms with E-state index in [2.05, 4.69) is 62.4 Å². The van der Waals surface area contributed by atoms with Crippen molar-refractivity contribution in [2.45, 2.75) is 33.0 Å². The fraction of sp³-hybridized carbons (Fsp3) is 0.333. The normalized spacial score (nSPS) is 17.4. The number of rotatable bonds is 3. The largest absolute Gasteiger partial charge is 0.464 e. The van der Waals surface area contributed by atoms with Gasteiger partial charge in [-0.25, -0.2) is 0 Å². The molecule has 3 aromatic carbocycles. The number of hydrogen-bond donors (Lipinski definition) is 0. The predicted octanol–water partition coefficient (Wildman–Crippen LogP) is 5.32. The third-order valence-electron chi connectivity index (χ3n) is 4.48. The number of aryl methyl sites for hydroxylation is 1. The Balaban J connectivity index is 1.85. The smallest absolute Gasteiger partial charge is 0.200 e. The van der Waals surface area contributed by atoms with E-state index >= 15 is 0 Å². The van der Waals surface area contributed by atoms with Gasteiger partial charge >= 0.3 is 0 Å². The maximum Gasteiger partial charge on any atom is 0.200 e. The second-order valence-electron chi connectivity index (χ2n) is 6.71. The van der Waals surface area contributed by atoms with Gasteiger partial charge in [0.05, 0.1) is 6.61 Å². The van der Waals surface area contributed by atoms with Crippen LogP contribution >= 0.6 is 0 Å². The molecule has 0 fully saturated rings. The lowest BCUT2D eigenvalue weighted by molar-refractivity contribution is -0.0976. The zero-order chi connectivity index (χ0) is 15.8. The van der Waals surface area contributed by atoms with Gasteiger partial charge in [-0.3, -0.25) is 0 Å². The van der Waals surface area contributed by atoms with Gasteiger partial charge in [-0.1, -0.05) is 62.4 Å². The molecule has 118 valence electrons. The fourth-order valence-electron chi connectivity index (χ4n) is 3.43. The summed E-state index contributed by atoms with van der Waals surface area (Å²) in [5, 5.41) is 5.07. The summed E-state index contributed by atoms with van der Waals surface area (Å²) in [4.78, 5) is 0. The average Bonchev–Trinajstić information content (AvgIpc) is 2.60. The summed E-state index contributed by atoms with van der Waals surface area (Å²) >= 11 is 0. The van der Waals surface area contributed by atoms with E-state index in [1.165, 1.54) is 27.1 Å². The highest BCUT2D eigenvalue weighted by atomic mass is 16.7. The van der Waals surface area contributed by atoms with E-state index in [0.717, 1.165) is 25.2 Å². The SMILES string of the molecule is CC(C)COC1CCc2c(c3ccccc3c3ccccc23)O1. The minimum atomic E-state index is -0.130. The van der Waals surface area contributed by atoms with E-state index < -0.39 is 0 Å². The molecule has 0 radical (unpaired) electrons. The highest BCUT2D eigenvalue weighted by Crippen LogP contribution is 2.41. The molecule has 1 heterocycles. The minimum Gasteiger partial charge on any atom is -0.464 e.